The van der Waals surface area contributed by atoms with E-state index in [0.29, 0.717) is 32.8 Å². The van der Waals surface area contributed by atoms with E-state index in [9.17, 15) is 5.11 Å². The summed E-state index contributed by atoms with van der Waals surface area (Å²) in [5.41, 5.74) is 5.44. The van der Waals surface area contributed by atoms with Crippen LogP contribution in [-0.2, 0) is 14.2 Å². The van der Waals surface area contributed by atoms with E-state index in [4.69, 9.17) is 19.9 Å². The summed E-state index contributed by atoms with van der Waals surface area (Å²) in [4.78, 5) is 0. The number of ether oxygens (including phenoxy) is 3. The number of aliphatic hydroxyl groups excluding tert-OH is 1. The Morgan fingerprint density at radius 1 is 0.600 bits per heavy atom. The number of fused-ring (bicyclic) bond motifs is 2. The third-order valence-corrected chi connectivity index (χ3v) is 7.73. The van der Waals surface area contributed by atoms with Gasteiger partial charge in [0, 0.05) is 26.4 Å². The zero-order valence-corrected chi connectivity index (χ0v) is 25.6. The van der Waals surface area contributed by atoms with Crippen molar-refractivity contribution in [3.63, 3.8) is 0 Å². The summed E-state index contributed by atoms with van der Waals surface area (Å²) in [5.74, 6) is -1.10. The van der Waals surface area contributed by atoms with Crippen molar-refractivity contribution in [3.05, 3.63) is 60.7 Å². The molecular formula is C35H55NO4. The van der Waals surface area contributed by atoms with Crippen LogP contribution in [0, 0.1) is 5.41 Å². The Morgan fingerprint density at radius 2 is 1.02 bits per heavy atom. The van der Waals surface area contributed by atoms with Gasteiger partial charge in [0.15, 0.2) is 0 Å². The van der Waals surface area contributed by atoms with Gasteiger partial charge in [-0.15, -0.1) is 0 Å². The second-order valence-electron chi connectivity index (χ2n) is 10.6. The maximum absolute atomic E-state index is 9.84. The van der Waals surface area contributed by atoms with Gasteiger partial charge in [-0.05, 0) is 86.7 Å². The highest BCUT2D eigenvalue weighted by molar-refractivity contribution is 5.98. The Kier molecular flexibility index (Phi) is 16.4. The van der Waals surface area contributed by atoms with E-state index in [2.05, 4.69) is 67.6 Å². The predicted molar refractivity (Wildman–Crippen MR) is 169 cm³/mol. The van der Waals surface area contributed by atoms with Crippen molar-refractivity contribution in [2.45, 2.75) is 97.9 Å². The lowest BCUT2D eigenvalue weighted by Crippen LogP contribution is -2.55. The smallest absolute Gasteiger partial charge is 0.288 e. The van der Waals surface area contributed by atoms with Crippen molar-refractivity contribution in [2.24, 2.45) is 11.1 Å². The SMILES string of the molecule is CCCCCCCCC(CCO)(CCCN)C(OCC)(OCC)OCC.c1ccc2cc3ccccc3cc2c1. The first-order valence-electron chi connectivity index (χ1n) is 15.7. The molecule has 3 aromatic rings. The molecule has 0 aliphatic heterocycles. The number of hydrogen-bond donors (Lipinski definition) is 2. The normalized spacial score (nSPS) is 13.2. The van der Waals surface area contributed by atoms with Crippen LogP contribution in [0.5, 0.6) is 0 Å². The molecule has 0 spiro atoms. The lowest BCUT2D eigenvalue weighted by Gasteiger charge is -2.49. The van der Waals surface area contributed by atoms with Gasteiger partial charge in [0.2, 0.25) is 0 Å². The molecule has 0 saturated heterocycles. The number of rotatable bonds is 19. The molecule has 5 nitrogen and oxygen atoms in total. The summed E-state index contributed by atoms with van der Waals surface area (Å²) in [6.07, 6.45) is 10.6. The monoisotopic (exact) mass is 553 g/mol. The molecule has 40 heavy (non-hydrogen) atoms. The number of unbranched alkanes of at least 4 members (excludes halogenated alkanes) is 5. The fourth-order valence-corrected chi connectivity index (χ4v) is 5.77. The molecule has 5 heteroatoms. The molecule has 3 aromatic carbocycles. The van der Waals surface area contributed by atoms with Crippen molar-refractivity contribution in [2.75, 3.05) is 33.0 Å². The minimum Gasteiger partial charge on any atom is -0.396 e. The standard InChI is InChI=1S/C21H45NO4.C14H10/c1-5-9-10-11-12-13-15-20(17-19-23,16-14-18-22)21(24-6-2,25-7-3)26-8-4;1-2-6-12-10-14-8-4-3-7-13(14)9-11(12)5-1/h23H,5-19,22H2,1-4H3;1-10H. The summed E-state index contributed by atoms with van der Waals surface area (Å²) in [7, 11) is 0. The van der Waals surface area contributed by atoms with Crippen LogP contribution in [0.2, 0.25) is 0 Å². The van der Waals surface area contributed by atoms with Crippen LogP contribution < -0.4 is 5.73 Å². The van der Waals surface area contributed by atoms with Gasteiger partial charge in [-0.3, -0.25) is 0 Å². The topological polar surface area (TPSA) is 73.9 Å². The summed E-state index contributed by atoms with van der Waals surface area (Å²) >= 11 is 0. The molecule has 3 rings (SSSR count). The van der Waals surface area contributed by atoms with Crippen molar-refractivity contribution < 1.29 is 19.3 Å². The third-order valence-electron chi connectivity index (χ3n) is 7.73. The molecule has 0 amide bonds. The van der Waals surface area contributed by atoms with E-state index in [-0.39, 0.29) is 12.0 Å². The summed E-state index contributed by atoms with van der Waals surface area (Å²) in [6, 6.07) is 21.4. The number of aliphatic hydroxyl groups is 1. The molecule has 1 unspecified atom stereocenters. The largest absolute Gasteiger partial charge is 0.396 e. The van der Waals surface area contributed by atoms with Gasteiger partial charge >= 0.3 is 0 Å². The Morgan fingerprint density at radius 3 is 1.43 bits per heavy atom. The second-order valence-corrected chi connectivity index (χ2v) is 10.6. The molecule has 0 aliphatic rings. The second kappa shape index (κ2) is 19.2. The Labute approximate surface area is 243 Å². The van der Waals surface area contributed by atoms with E-state index in [1.54, 1.807) is 0 Å². The third kappa shape index (κ3) is 9.81. The van der Waals surface area contributed by atoms with Gasteiger partial charge < -0.3 is 25.1 Å². The molecule has 0 heterocycles. The fraction of sp³-hybridized carbons (Fsp3) is 0.600. The Balaban J connectivity index is 0.000000328. The first-order valence-corrected chi connectivity index (χ1v) is 15.7. The van der Waals surface area contributed by atoms with Gasteiger partial charge in [0.1, 0.15) is 0 Å². The molecule has 0 fully saturated rings. The van der Waals surface area contributed by atoms with Crippen molar-refractivity contribution in [1.82, 2.24) is 0 Å². The molecular weight excluding hydrogens is 498 g/mol. The summed E-state index contributed by atoms with van der Waals surface area (Å²) < 4.78 is 18.4. The zero-order chi connectivity index (χ0) is 29.1. The van der Waals surface area contributed by atoms with Crippen molar-refractivity contribution in [1.29, 1.82) is 0 Å². The first-order chi connectivity index (χ1) is 19.5. The number of benzene rings is 3. The maximum atomic E-state index is 9.84. The molecule has 3 N–H and O–H groups in total. The maximum Gasteiger partial charge on any atom is 0.288 e. The number of nitrogens with two attached hydrogens (primary N) is 1. The van der Waals surface area contributed by atoms with Gasteiger partial charge in [-0.2, -0.15) is 0 Å². The zero-order valence-electron chi connectivity index (χ0n) is 25.6. The molecule has 0 saturated carbocycles. The van der Waals surface area contributed by atoms with Crippen molar-refractivity contribution >= 4 is 21.5 Å². The molecule has 1 atom stereocenters. The quantitative estimate of drug-likeness (QED) is 0.0883. The first kappa shape index (κ1) is 34.2. The highest BCUT2D eigenvalue weighted by Gasteiger charge is 2.53. The average molecular weight is 554 g/mol. The van der Waals surface area contributed by atoms with Gasteiger partial charge in [-0.1, -0.05) is 94.0 Å². The summed E-state index contributed by atoms with van der Waals surface area (Å²) in [6.45, 7) is 10.3. The van der Waals surface area contributed by atoms with E-state index in [0.717, 1.165) is 25.7 Å². The van der Waals surface area contributed by atoms with E-state index in [1.807, 2.05) is 20.8 Å². The van der Waals surface area contributed by atoms with Crippen LogP contribution in [0.1, 0.15) is 91.9 Å². The van der Waals surface area contributed by atoms with Gasteiger partial charge in [-0.25, -0.2) is 0 Å². The van der Waals surface area contributed by atoms with Crippen LogP contribution in [0.15, 0.2) is 60.7 Å². The molecule has 0 aliphatic carbocycles. The number of hydrogen-bond acceptors (Lipinski definition) is 5. The van der Waals surface area contributed by atoms with E-state index in [1.165, 1.54) is 53.6 Å². The van der Waals surface area contributed by atoms with Gasteiger partial charge in [0.25, 0.3) is 5.97 Å². The lowest BCUT2D eigenvalue weighted by molar-refractivity contribution is -0.432. The molecule has 0 radical (unpaired) electrons. The fourth-order valence-electron chi connectivity index (χ4n) is 5.77. The molecule has 224 valence electrons. The molecule has 0 bridgehead atoms. The predicted octanol–water partition coefficient (Wildman–Crippen LogP) is 8.60. The van der Waals surface area contributed by atoms with Crippen LogP contribution in [0.4, 0.5) is 0 Å². The molecule has 0 aromatic heterocycles. The minimum atomic E-state index is -1.10. The van der Waals surface area contributed by atoms with Crippen LogP contribution in [-0.4, -0.2) is 44.1 Å². The summed E-state index contributed by atoms with van der Waals surface area (Å²) in [5, 5.41) is 15.1. The van der Waals surface area contributed by atoms with E-state index < -0.39 is 5.97 Å². The van der Waals surface area contributed by atoms with E-state index >= 15 is 0 Å². The Bertz CT molecular complexity index is 949. The minimum absolute atomic E-state index is 0.0926. The average Bonchev–Trinajstić information content (AvgIpc) is 2.97. The lowest BCUT2D eigenvalue weighted by atomic mass is 9.73. The Hall–Kier alpha value is -2.02. The highest BCUT2D eigenvalue weighted by Crippen LogP contribution is 2.48. The van der Waals surface area contributed by atoms with Crippen molar-refractivity contribution in [3.8, 4) is 0 Å². The van der Waals surface area contributed by atoms with Crippen LogP contribution in [0.25, 0.3) is 21.5 Å². The van der Waals surface area contributed by atoms with Crippen LogP contribution in [0.3, 0.4) is 0 Å². The van der Waals surface area contributed by atoms with Crippen LogP contribution >= 0.6 is 0 Å². The van der Waals surface area contributed by atoms with Gasteiger partial charge in [0.05, 0.1) is 5.41 Å². The highest BCUT2D eigenvalue weighted by atomic mass is 16.9.